The Labute approximate surface area is 108 Å². The van der Waals surface area contributed by atoms with Crippen LogP contribution in [0.3, 0.4) is 0 Å². The first-order chi connectivity index (χ1) is 8.77. The van der Waals surface area contributed by atoms with Gasteiger partial charge < -0.3 is 0 Å². The molecule has 0 atom stereocenters. The van der Waals surface area contributed by atoms with Gasteiger partial charge in [-0.15, -0.1) is 0 Å². The molecule has 0 nitrogen and oxygen atoms in total. The molecule has 0 fully saturated rings. The van der Waals surface area contributed by atoms with Crippen molar-refractivity contribution in [3.8, 4) is 11.1 Å². The highest BCUT2D eigenvalue weighted by Gasteiger charge is 2.41. The molecule has 1 heteroatoms. The number of alkyl halides is 1. The van der Waals surface area contributed by atoms with Gasteiger partial charge in [-0.2, -0.15) is 0 Å². The molecule has 1 aliphatic carbocycles. The predicted molar refractivity (Wildman–Crippen MR) is 75.4 cm³/mol. The molecule has 0 unspecified atom stereocenters. The first kappa shape index (κ1) is 12.8. The first-order valence-electron chi connectivity index (χ1n) is 6.65. The lowest BCUT2D eigenvalue weighted by Gasteiger charge is -2.20. The Morgan fingerprint density at radius 2 is 1.22 bits per heavy atom. The molecule has 0 saturated heterocycles. The first-order valence-corrected chi connectivity index (χ1v) is 6.65. The van der Waals surface area contributed by atoms with Gasteiger partial charge in [0, 0.05) is 11.1 Å². The Bertz CT molecular complexity index is 497. The number of fused-ring (bicyclic) bond motifs is 3. The highest BCUT2D eigenvalue weighted by Crippen LogP contribution is 2.51. The van der Waals surface area contributed by atoms with Gasteiger partial charge in [0.15, 0.2) is 5.67 Å². The van der Waals surface area contributed by atoms with Crippen LogP contribution >= 0.6 is 0 Å². The van der Waals surface area contributed by atoms with E-state index in [1.807, 2.05) is 69.3 Å². The lowest BCUT2D eigenvalue weighted by atomic mass is 9.91. The van der Waals surface area contributed by atoms with Crippen LogP contribution in [0, 0.1) is 0 Å². The zero-order valence-electron chi connectivity index (χ0n) is 11.2. The molecule has 0 bridgehead atoms. The Kier molecular flexibility index (Phi) is 3.51. The third kappa shape index (κ3) is 1.66. The Morgan fingerprint density at radius 1 is 0.833 bits per heavy atom. The Balaban J connectivity index is 0.000000574. The zero-order valence-corrected chi connectivity index (χ0v) is 11.2. The van der Waals surface area contributed by atoms with E-state index in [2.05, 4.69) is 0 Å². The van der Waals surface area contributed by atoms with Crippen molar-refractivity contribution >= 4 is 0 Å². The van der Waals surface area contributed by atoms with E-state index in [0.717, 1.165) is 22.3 Å². The van der Waals surface area contributed by atoms with Crippen LogP contribution in [0.5, 0.6) is 0 Å². The maximum Gasteiger partial charge on any atom is 0.162 e. The van der Waals surface area contributed by atoms with E-state index >= 15 is 4.39 Å². The molecule has 0 radical (unpaired) electrons. The standard InChI is InChI=1S/C15H13F.C2H6/c1-2-15(16)13-9-5-3-7-11(13)12-8-4-6-10-14(12)15;1-2/h3-10H,2H2,1H3;1-2H3. The topological polar surface area (TPSA) is 0 Å². The normalized spacial score (nSPS) is 14.2. The van der Waals surface area contributed by atoms with Crippen molar-refractivity contribution in [2.75, 3.05) is 0 Å². The van der Waals surface area contributed by atoms with Gasteiger partial charge >= 0.3 is 0 Å². The third-order valence-corrected chi connectivity index (χ3v) is 3.49. The van der Waals surface area contributed by atoms with E-state index in [0.29, 0.717) is 6.42 Å². The smallest absolute Gasteiger partial charge is 0.162 e. The summed E-state index contributed by atoms with van der Waals surface area (Å²) in [6.45, 7) is 5.90. The number of hydrogen-bond acceptors (Lipinski definition) is 0. The average molecular weight is 242 g/mol. The molecule has 0 heterocycles. The summed E-state index contributed by atoms with van der Waals surface area (Å²) in [5.74, 6) is 0. The Morgan fingerprint density at radius 3 is 1.61 bits per heavy atom. The minimum absolute atomic E-state index is 0.487. The van der Waals surface area contributed by atoms with Crippen molar-refractivity contribution < 1.29 is 4.39 Å². The van der Waals surface area contributed by atoms with Crippen molar-refractivity contribution in [3.63, 3.8) is 0 Å². The van der Waals surface area contributed by atoms with Crippen LogP contribution in [0.1, 0.15) is 38.3 Å². The van der Waals surface area contributed by atoms with E-state index < -0.39 is 5.67 Å². The van der Waals surface area contributed by atoms with Gasteiger partial charge in [0.2, 0.25) is 0 Å². The lowest BCUT2D eigenvalue weighted by molar-refractivity contribution is 0.221. The van der Waals surface area contributed by atoms with Gasteiger partial charge in [0.05, 0.1) is 0 Å². The largest absolute Gasteiger partial charge is 0.233 e. The minimum Gasteiger partial charge on any atom is -0.233 e. The molecule has 2 aromatic carbocycles. The van der Waals surface area contributed by atoms with Crippen molar-refractivity contribution in [1.29, 1.82) is 0 Å². The van der Waals surface area contributed by atoms with Gasteiger partial charge in [0.1, 0.15) is 0 Å². The van der Waals surface area contributed by atoms with E-state index in [1.54, 1.807) is 0 Å². The van der Waals surface area contributed by atoms with Gasteiger partial charge in [-0.25, -0.2) is 4.39 Å². The summed E-state index contributed by atoms with van der Waals surface area (Å²) in [6.07, 6.45) is 0.487. The third-order valence-electron chi connectivity index (χ3n) is 3.49. The van der Waals surface area contributed by atoms with Crippen LogP contribution < -0.4 is 0 Å². The molecule has 18 heavy (non-hydrogen) atoms. The maximum atomic E-state index is 15.0. The van der Waals surface area contributed by atoms with Crippen molar-refractivity contribution in [3.05, 3.63) is 59.7 Å². The van der Waals surface area contributed by atoms with Crippen LogP contribution in [0.25, 0.3) is 11.1 Å². The minimum atomic E-state index is -1.30. The van der Waals surface area contributed by atoms with Gasteiger partial charge in [0.25, 0.3) is 0 Å². The van der Waals surface area contributed by atoms with Gasteiger partial charge in [-0.1, -0.05) is 69.3 Å². The summed E-state index contributed by atoms with van der Waals surface area (Å²) in [4.78, 5) is 0. The molecular weight excluding hydrogens is 223 g/mol. The summed E-state index contributed by atoms with van der Waals surface area (Å²) >= 11 is 0. The molecule has 0 amide bonds. The summed E-state index contributed by atoms with van der Waals surface area (Å²) in [5.41, 5.74) is 2.43. The van der Waals surface area contributed by atoms with Gasteiger partial charge in [-0.05, 0) is 17.5 Å². The number of hydrogen-bond donors (Lipinski definition) is 0. The second-order valence-corrected chi connectivity index (χ2v) is 4.25. The molecule has 0 aliphatic heterocycles. The molecule has 0 N–H and O–H groups in total. The molecule has 1 aliphatic rings. The number of halogens is 1. The molecule has 0 saturated carbocycles. The summed E-state index contributed by atoms with van der Waals surface area (Å²) in [7, 11) is 0. The lowest BCUT2D eigenvalue weighted by Crippen LogP contribution is -2.16. The van der Waals surface area contributed by atoms with Crippen LogP contribution in [-0.4, -0.2) is 0 Å². The molecule has 3 rings (SSSR count). The number of benzene rings is 2. The SMILES string of the molecule is CC.CCC1(F)c2ccccc2-c2ccccc21. The van der Waals surface area contributed by atoms with Crippen molar-refractivity contribution in [2.45, 2.75) is 32.9 Å². The summed E-state index contributed by atoms with van der Waals surface area (Å²) in [6, 6.07) is 15.6. The second-order valence-electron chi connectivity index (χ2n) is 4.25. The fourth-order valence-corrected chi connectivity index (χ4v) is 2.65. The van der Waals surface area contributed by atoms with Crippen LogP contribution in [0.2, 0.25) is 0 Å². The Hall–Kier alpha value is -1.63. The molecule has 0 aromatic heterocycles. The fourth-order valence-electron chi connectivity index (χ4n) is 2.65. The monoisotopic (exact) mass is 242 g/mol. The fraction of sp³-hybridized carbons (Fsp3) is 0.294. The zero-order chi connectivity index (χ0) is 13.2. The summed E-state index contributed by atoms with van der Waals surface area (Å²) in [5, 5.41) is 0. The highest BCUT2D eigenvalue weighted by molar-refractivity contribution is 5.79. The molecular formula is C17H19F. The van der Waals surface area contributed by atoms with E-state index in [-0.39, 0.29) is 0 Å². The van der Waals surface area contributed by atoms with E-state index in [9.17, 15) is 0 Å². The van der Waals surface area contributed by atoms with E-state index in [1.165, 1.54) is 0 Å². The second kappa shape index (κ2) is 4.93. The quantitative estimate of drug-likeness (QED) is 0.635. The molecule has 2 aromatic rings. The predicted octanol–water partition coefficient (Wildman–Crippen LogP) is 5.32. The average Bonchev–Trinajstić information content (AvgIpc) is 2.73. The van der Waals surface area contributed by atoms with Crippen LogP contribution in [0.15, 0.2) is 48.5 Å². The maximum absolute atomic E-state index is 15.0. The van der Waals surface area contributed by atoms with E-state index in [4.69, 9.17) is 0 Å². The molecule has 94 valence electrons. The van der Waals surface area contributed by atoms with Crippen LogP contribution in [0.4, 0.5) is 4.39 Å². The van der Waals surface area contributed by atoms with Crippen LogP contribution in [-0.2, 0) is 5.67 Å². The molecule has 0 spiro atoms. The van der Waals surface area contributed by atoms with Crippen molar-refractivity contribution in [2.24, 2.45) is 0 Å². The number of rotatable bonds is 1. The van der Waals surface area contributed by atoms with Gasteiger partial charge in [-0.3, -0.25) is 0 Å². The highest BCUT2D eigenvalue weighted by atomic mass is 19.1. The van der Waals surface area contributed by atoms with Crippen molar-refractivity contribution in [1.82, 2.24) is 0 Å². The summed E-state index contributed by atoms with van der Waals surface area (Å²) < 4.78 is 15.0.